The summed E-state index contributed by atoms with van der Waals surface area (Å²) < 4.78 is 0. The number of hydrogen-bond acceptors (Lipinski definition) is 14. The van der Waals surface area contributed by atoms with Crippen LogP contribution in [0, 0.1) is 11.8 Å². The molecule has 2 fully saturated rings. The number of nitrogens with one attached hydrogen (secondary N) is 7. The summed E-state index contributed by atoms with van der Waals surface area (Å²) in [6, 6.07) is 4.59. The predicted octanol–water partition coefficient (Wildman–Crippen LogP) is -2.99. The maximum atomic E-state index is 14.8. The second kappa shape index (κ2) is 34.8. The molecule has 10 amide bonds. The van der Waals surface area contributed by atoms with Crippen LogP contribution in [0.1, 0.15) is 115 Å². The molecule has 1 saturated heterocycles. The first-order valence-electron chi connectivity index (χ1n) is 28.6. The van der Waals surface area contributed by atoms with Gasteiger partial charge < -0.3 is 87.4 Å². The van der Waals surface area contributed by atoms with Crippen LogP contribution in [-0.2, 0) is 60.8 Å². The fraction of sp³-hybridized carbons (Fsp3) is 0.571. The summed E-state index contributed by atoms with van der Waals surface area (Å²) >= 11 is 0. The number of phenols is 1. The molecule has 1 heterocycles. The maximum Gasteiger partial charge on any atom is 0.245 e. The fourth-order valence-electron chi connectivity index (χ4n) is 10.1. The number of nitrogens with two attached hydrogens (primary N) is 7. The number of likely N-dealkylation sites (tertiary alicyclic amines) is 1. The van der Waals surface area contributed by atoms with Gasteiger partial charge in [0.05, 0.1) is 6.42 Å². The van der Waals surface area contributed by atoms with Crippen molar-refractivity contribution in [1.82, 2.24) is 42.1 Å². The highest BCUT2D eigenvalue weighted by atomic mass is 16.3. The van der Waals surface area contributed by atoms with Gasteiger partial charge in [-0.2, -0.15) is 0 Å². The zero-order chi connectivity index (χ0) is 61.9. The zero-order valence-corrected chi connectivity index (χ0v) is 48.0. The van der Waals surface area contributed by atoms with Crippen molar-refractivity contribution in [3.05, 3.63) is 65.7 Å². The van der Waals surface area contributed by atoms with Gasteiger partial charge in [-0.3, -0.25) is 57.9 Å². The number of nitrogens with zero attached hydrogens (tertiary/aromatic N) is 3. The van der Waals surface area contributed by atoms with Crippen molar-refractivity contribution in [3.63, 3.8) is 0 Å². The molecule has 0 unspecified atom stereocenters. The molecule has 84 heavy (non-hydrogen) atoms. The molecule has 22 N–H and O–H groups in total. The molecular weight excluding hydrogens is 1090 g/mol. The second-order valence-electron chi connectivity index (χ2n) is 21.7. The number of phenolic OH excluding ortho intramolecular Hbond substituents is 1. The van der Waals surface area contributed by atoms with Crippen molar-refractivity contribution >= 4 is 71.0 Å². The van der Waals surface area contributed by atoms with Gasteiger partial charge in [-0.1, -0.05) is 88.4 Å². The van der Waals surface area contributed by atoms with Crippen LogP contribution < -0.4 is 77.4 Å². The summed E-state index contributed by atoms with van der Waals surface area (Å²) in [5.74, 6) is -8.59. The van der Waals surface area contributed by atoms with Gasteiger partial charge in [0, 0.05) is 45.4 Å². The quantitative estimate of drug-likeness (QED) is 0.0189. The third-order valence-corrected chi connectivity index (χ3v) is 14.5. The molecule has 2 aliphatic rings. The van der Waals surface area contributed by atoms with Crippen LogP contribution in [0.2, 0.25) is 0 Å². The van der Waals surface area contributed by atoms with E-state index in [9.17, 15) is 53.1 Å². The Balaban J connectivity index is 1.62. The molecule has 4 rings (SSSR count). The minimum atomic E-state index is -1.50. The van der Waals surface area contributed by atoms with E-state index < -0.39 is 120 Å². The smallest absolute Gasteiger partial charge is 0.245 e. The molecule has 2 aromatic carbocycles. The molecule has 8 atom stereocenters. The molecule has 0 bridgehead atoms. The number of carbonyl (C=O) groups is 10. The lowest BCUT2D eigenvalue weighted by atomic mass is 9.84. The molecule has 28 nitrogen and oxygen atoms in total. The highest BCUT2D eigenvalue weighted by molar-refractivity contribution is 5.99. The largest absolute Gasteiger partial charge is 0.508 e. The van der Waals surface area contributed by atoms with E-state index in [-0.39, 0.29) is 108 Å². The summed E-state index contributed by atoms with van der Waals surface area (Å²) in [5, 5.41) is 29.0. The first-order valence-corrected chi connectivity index (χ1v) is 28.6. The van der Waals surface area contributed by atoms with Crippen LogP contribution in [0.25, 0.3) is 0 Å². The Hall–Kier alpha value is -8.56. The Bertz CT molecular complexity index is 2610. The number of primary amides is 2. The third kappa shape index (κ3) is 23.4. The van der Waals surface area contributed by atoms with Crippen molar-refractivity contribution in [3.8, 4) is 5.75 Å². The van der Waals surface area contributed by atoms with E-state index in [4.69, 9.17) is 40.1 Å². The van der Waals surface area contributed by atoms with Gasteiger partial charge in [-0.25, -0.2) is 0 Å². The lowest BCUT2D eigenvalue weighted by Crippen LogP contribution is -2.61. The van der Waals surface area contributed by atoms with Gasteiger partial charge in [-0.15, -0.1) is 0 Å². The second-order valence-corrected chi connectivity index (χ2v) is 21.7. The topological polar surface area (TPSA) is 485 Å². The van der Waals surface area contributed by atoms with Crippen molar-refractivity contribution < 1.29 is 53.1 Å². The SMILES string of the molecule is CC(C)[C@H](NC(=O)[C@H](CC1CCCCC1)NC(=O)[C@H](Cc1ccc(O)cc1)NC(=O)CCN)C(=O)N[C@@H](Cc1ccccc1)C(=O)N[C@@H](CCCN=C(N)N)C(=O)N1CCC[C@H]1C(=O)N[C@@H](CCCN=C(N)N)C(=O)N[C@@H](CC(N)=O)C(N)=O. The summed E-state index contributed by atoms with van der Waals surface area (Å²) in [7, 11) is 0. The third-order valence-electron chi connectivity index (χ3n) is 14.5. The van der Waals surface area contributed by atoms with Crippen LogP contribution in [-0.4, -0.2) is 156 Å². The summed E-state index contributed by atoms with van der Waals surface area (Å²) in [6.45, 7) is 3.59. The van der Waals surface area contributed by atoms with Crippen molar-refractivity contribution in [2.75, 3.05) is 26.2 Å². The maximum absolute atomic E-state index is 14.8. The van der Waals surface area contributed by atoms with Gasteiger partial charge in [-0.05, 0) is 80.0 Å². The summed E-state index contributed by atoms with van der Waals surface area (Å²) in [6.07, 6.45) is 4.69. The van der Waals surface area contributed by atoms with Crippen LogP contribution in [0.4, 0.5) is 0 Å². The van der Waals surface area contributed by atoms with Crippen LogP contribution >= 0.6 is 0 Å². The minimum Gasteiger partial charge on any atom is -0.508 e. The highest BCUT2D eigenvalue weighted by Gasteiger charge is 2.41. The molecule has 1 aliphatic carbocycles. The van der Waals surface area contributed by atoms with Crippen LogP contribution in [0.15, 0.2) is 64.6 Å². The highest BCUT2D eigenvalue weighted by Crippen LogP contribution is 2.28. The Labute approximate surface area is 489 Å². The zero-order valence-electron chi connectivity index (χ0n) is 48.0. The van der Waals surface area contributed by atoms with Gasteiger partial charge in [0.15, 0.2) is 11.9 Å². The number of guanidine groups is 2. The predicted molar refractivity (Wildman–Crippen MR) is 313 cm³/mol. The van der Waals surface area contributed by atoms with Gasteiger partial charge in [0.2, 0.25) is 59.1 Å². The lowest BCUT2D eigenvalue weighted by molar-refractivity contribution is -0.142. The molecule has 0 spiro atoms. The molecule has 0 radical (unpaired) electrons. The molecule has 28 heteroatoms. The Morgan fingerprint density at radius 3 is 1.67 bits per heavy atom. The van der Waals surface area contributed by atoms with E-state index in [1.54, 1.807) is 56.3 Å². The molecule has 2 aromatic rings. The normalized spacial score (nSPS) is 16.6. The fourth-order valence-corrected chi connectivity index (χ4v) is 10.1. The number of rotatable bonds is 34. The summed E-state index contributed by atoms with van der Waals surface area (Å²) in [5.41, 5.74) is 39.7. The Morgan fingerprint density at radius 1 is 0.583 bits per heavy atom. The van der Waals surface area contributed by atoms with Crippen molar-refractivity contribution in [2.45, 2.75) is 165 Å². The van der Waals surface area contributed by atoms with E-state index in [1.807, 2.05) is 0 Å². The number of aliphatic imine (C=N–C) groups is 2. The molecule has 462 valence electrons. The van der Waals surface area contributed by atoms with E-state index in [1.165, 1.54) is 17.0 Å². The lowest BCUT2D eigenvalue weighted by Gasteiger charge is -2.32. The average Bonchev–Trinajstić information content (AvgIpc) is 4.17. The molecule has 1 aliphatic heterocycles. The van der Waals surface area contributed by atoms with Crippen LogP contribution in [0.3, 0.4) is 0 Å². The van der Waals surface area contributed by atoms with Gasteiger partial charge in [0.1, 0.15) is 54.1 Å². The monoisotopic (exact) mass is 1170 g/mol. The van der Waals surface area contributed by atoms with Crippen molar-refractivity contribution in [2.24, 2.45) is 62.0 Å². The first kappa shape index (κ1) is 67.9. The average molecular weight is 1170 g/mol. The van der Waals surface area contributed by atoms with Crippen molar-refractivity contribution in [1.29, 1.82) is 0 Å². The number of benzene rings is 2. The first-order chi connectivity index (χ1) is 39.9. The van der Waals surface area contributed by atoms with E-state index in [2.05, 4.69) is 47.2 Å². The number of amides is 10. The summed E-state index contributed by atoms with van der Waals surface area (Å²) in [4.78, 5) is 147. The Morgan fingerprint density at radius 2 is 1.11 bits per heavy atom. The number of carbonyl (C=O) groups excluding carboxylic acids is 10. The van der Waals surface area contributed by atoms with Gasteiger partial charge in [0.25, 0.3) is 0 Å². The van der Waals surface area contributed by atoms with E-state index in [0.29, 0.717) is 17.5 Å². The van der Waals surface area contributed by atoms with E-state index in [0.717, 1.165) is 32.1 Å². The molecular formula is C56H87N17O11. The minimum absolute atomic E-state index is 0.00772. The van der Waals surface area contributed by atoms with Gasteiger partial charge >= 0.3 is 0 Å². The molecule has 0 aromatic heterocycles. The Kier molecular flexibility index (Phi) is 28.1. The molecule has 1 saturated carbocycles. The number of hydrogen-bond donors (Lipinski definition) is 15. The standard InChI is InChI=1S/C56H87N17O11/c1-32(2)46(72-51(81)42(29-34-14-7-4-8-15-34)70-49(79)40(66-45(76)23-24-57)30-35-19-21-36(74)22-20-35)53(83)71-41(28-33-12-5-3-6-13-33)50(80)68-38(17-10-26-65-56(62)63)54(84)73-27-11-18-43(73)52(82)67-37(16-9-25-64-55(60)61)48(78)69-39(47(59)77)31-44(58)75/h3,5-6,12-13,19-22,32,34,37-43,46,74H,4,7-11,14-18,23-31,57H2,1-2H3,(H2,58,75)(H2,59,77)(H,66,76)(H,67,82)(H,68,80)(H,69,78)(H,70,79)(H,71,83)(H,72,81)(H4,60,61,64)(H4,62,63,65)/t37-,38-,39-,40-,41-,42-,43-,46-/m0/s1. The van der Waals surface area contributed by atoms with Crippen LogP contribution in [0.5, 0.6) is 5.75 Å². The van der Waals surface area contributed by atoms with E-state index >= 15 is 0 Å². The number of aromatic hydroxyl groups is 1.